The normalized spacial score (nSPS) is 12.0. The molecule has 1 heterocycles. The summed E-state index contributed by atoms with van der Waals surface area (Å²) in [5.74, 6) is -0.412. The van der Waals surface area contributed by atoms with E-state index in [1.54, 1.807) is 30.1 Å². The summed E-state index contributed by atoms with van der Waals surface area (Å²) in [4.78, 5) is 27.2. The van der Waals surface area contributed by atoms with Crippen LogP contribution < -0.4 is 5.32 Å². The van der Waals surface area contributed by atoms with Crippen LogP contribution in [0.25, 0.3) is 0 Å². The summed E-state index contributed by atoms with van der Waals surface area (Å²) in [6.45, 7) is 4.01. The quantitative estimate of drug-likeness (QED) is 0.454. The molecule has 0 aliphatic carbocycles. The van der Waals surface area contributed by atoms with E-state index in [1.807, 2.05) is 0 Å². The Morgan fingerprint density at radius 2 is 2.23 bits per heavy atom. The average molecular weight is 324 g/mol. The predicted molar refractivity (Wildman–Crippen MR) is 89.4 cm³/mol. The first-order chi connectivity index (χ1) is 10.6. The largest absolute Gasteiger partial charge is 0.481 e. The van der Waals surface area contributed by atoms with Crippen LogP contribution in [0.2, 0.25) is 0 Å². The molecule has 0 fully saturated rings. The Hall–Kier alpha value is -1.40. The van der Waals surface area contributed by atoms with Crippen molar-refractivity contribution in [1.29, 1.82) is 0 Å². The van der Waals surface area contributed by atoms with Gasteiger partial charge in [-0.15, -0.1) is 0 Å². The predicted octanol–water partition coefficient (Wildman–Crippen LogP) is 2.48. The van der Waals surface area contributed by atoms with E-state index in [1.165, 1.54) is 6.20 Å². The molecule has 0 spiro atoms. The number of aliphatic carboxylic acids is 1. The van der Waals surface area contributed by atoms with Gasteiger partial charge in [-0.25, -0.2) is 0 Å². The molecule has 0 saturated heterocycles. The van der Waals surface area contributed by atoms with Crippen molar-refractivity contribution in [3.8, 4) is 0 Å². The number of aromatic nitrogens is 1. The number of unbranched alkanes of at least 4 members (excludes halogenated alkanes) is 1. The number of nitrogens with one attached hydrogen (secondary N) is 1. The Kier molecular flexibility index (Phi) is 9.50. The van der Waals surface area contributed by atoms with Crippen molar-refractivity contribution in [2.45, 2.75) is 26.2 Å². The van der Waals surface area contributed by atoms with Crippen LogP contribution in [0, 0.1) is 5.92 Å². The first-order valence-corrected chi connectivity index (χ1v) is 8.75. The highest BCUT2D eigenvalue weighted by Crippen LogP contribution is 2.15. The minimum Gasteiger partial charge on any atom is -0.481 e. The third-order valence-electron chi connectivity index (χ3n) is 3.21. The zero-order valence-corrected chi connectivity index (χ0v) is 13.8. The topological polar surface area (TPSA) is 79.3 Å². The summed E-state index contributed by atoms with van der Waals surface area (Å²) < 4.78 is 0. The van der Waals surface area contributed by atoms with Gasteiger partial charge in [-0.1, -0.05) is 13.3 Å². The second kappa shape index (κ2) is 11.2. The Morgan fingerprint density at radius 1 is 1.41 bits per heavy atom. The SMILES string of the molecule is CCCCNCCSCC(CC(=O)c1cccnc1)C(=O)O. The fourth-order valence-electron chi connectivity index (χ4n) is 1.88. The molecule has 1 unspecified atom stereocenters. The first kappa shape index (κ1) is 18.6. The zero-order valence-electron chi connectivity index (χ0n) is 13.0. The number of nitrogens with zero attached hydrogens (tertiary/aromatic N) is 1. The van der Waals surface area contributed by atoms with Gasteiger partial charge in [-0.05, 0) is 25.1 Å². The van der Waals surface area contributed by atoms with E-state index in [0.29, 0.717) is 11.3 Å². The van der Waals surface area contributed by atoms with Crippen LogP contribution in [0.15, 0.2) is 24.5 Å². The molecule has 0 aromatic carbocycles. The average Bonchev–Trinajstić information content (AvgIpc) is 2.53. The standard InChI is InChI=1S/C16H24N2O3S/c1-2-3-6-17-8-9-22-12-14(16(20)21)10-15(19)13-5-4-7-18-11-13/h4-5,7,11,14,17H,2-3,6,8-10,12H2,1H3,(H,20,21). The van der Waals surface area contributed by atoms with E-state index < -0.39 is 11.9 Å². The molecule has 0 aliphatic heterocycles. The number of carboxylic acids is 1. The van der Waals surface area contributed by atoms with Gasteiger partial charge in [0.1, 0.15) is 0 Å². The van der Waals surface area contributed by atoms with Gasteiger partial charge in [0, 0.05) is 42.4 Å². The van der Waals surface area contributed by atoms with Crippen LogP contribution >= 0.6 is 11.8 Å². The van der Waals surface area contributed by atoms with Crippen molar-refractivity contribution in [3.63, 3.8) is 0 Å². The fourth-order valence-corrected chi connectivity index (χ4v) is 2.88. The summed E-state index contributed by atoms with van der Waals surface area (Å²) in [5.41, 5.74) is 0.472. The molecule has 0 saturated carbocycles. The number of pyridine rings is 1. The van der Waals surface area contributed by atoms with Crippen LogP contribution in [0.1, 0.15) is 36.5 Å². The lowest BCUT2D eigenvalue weighted by molar-refractivity contribution is -0.140. The number of carbonyl (C=O) groups excluding carboxylic acids is 1. The lowest BCUT2D eigenvalue weighted by atomic mass is 10.0. The van der Waals surface area contributed by atoms with Crippen molar-refractivity contribution >= 4 is 23.5 Å². The second-order valence-electron chi connectivity index (χ2n) is 5.08. The van der Waals surface area contributed by atoms with Gasteiger partial charge >= 0.3 is 5.97 Å². The van der Waals surface area contributed by atoms with Crippen LogP contribution in [0.5, 0.6) is 0 Å². The van der Waals surface area contributed by atoms with Crippen molar-refractivity contribution < 1.29 is 14.7 Å². The number of thioether (sulfide) groups is 1. The van der Waals surface area contributed by atoms with Gasteiger partial charge in [0.2, 0.25) is 0 Å². The molecular weight excluding hydrogens is 300 g/mol. The molecule has 1 aromatic heterocycles. The van der Waals surface area contributed by atoms with E-state index in [0.717, 1.165) is 31.7 Å². The number of carbonyl (C=O) groups is 2. The van der Waals surface area contributed by atoms with Crippen LogP contribution in [0.4, 0.5) is 0 Å². The molecule has 6 heteroatoms. The van der Waals surface area contributed by atoms with Gasteiger partial charge in [0.25, 0.3) is 0 Å². The van der Waals surface area contributed by atoms with Crippen molar-refractivity contribution in [1.82, 2.24) is 10.3 Å². The molecule has 122 valence electrons. The number of carboxylic acid groups (broad SMARTS) is 1. The summed E-state index contributed by atoms with van der Waals surface area (Å²) in [6.07, 6.45) is 5.41. The highest BCUT2D eigenvalue weighted by Gasteiger charge is 2.22. The summed E-state index contributed by atoms with van der Waals surface area (Å²) in [5, 5.41) is 12.6. The molecule has 22 heavy (non-hydrogen) atoms. The number of hydrogen-bond acceptors (Lipinski definition) is 5. The molecule has 5 nitrogen and oxygen atoms in total. The number of Topliss-reactive ketones (excluding diaryl/α,β-unsaturated/α-hetero) is 1. The molecule has 1 aromatic rings. The maximum atomic E-state index is 12.0. The maximum Gasteiger partial charge on any atom is 0.307 e. The number of rotatable bonds is 12. The first-order valence-electron chi connectivity index (χ1n) is 7.59. The zero-order chi connectivity index (χ0) is 16.2. The molecule has 1 atom stereocenters. The maximum absolute atomic E-state index is 12.0. The van der Waals surface area contributed by atoms with E-state index in [4.69, 9.17) is 0 Å². The second-order valence-corrected chi connectivity index (χ2v) is 6.23. The van der Waals surface area contributed by atoms with Crippen molar-refractivity contribution in [3.05, 3.63) is 30.1 Å². The molecule has 0 amide bonds. The van der Waals surface area contributed by atoms with E-state index in [9.17, 15) is 14.7 Å². The minimum absolute atomic E-state index is 0.0251. The van der Waals surface area contributed by atoms with Gasteiger partial charge in [0.15, 0.2) is 5.78 Å². The monoisotopic (exact) mass is 324 g/mol. The third-order valence-corrected chi connectivity index (χ3v) is 4.34. The molecule has 2 N–H and O–H groups in total. The highest BCUT2D eigenvalue weighted by molar-refractivity contribution is 7.99. The smallest absolute Gasteiger partial charge is 0.307 e. The lowest BCUT2D eigenvalue weighted by Gasteiger charge is -2.11. The van der Waals surface area contributed by atoms with Gasteiger partial charge in [0.05, 0.1) is 5.92 Å². The Labute approximate surface area is 135 Å². The third kappa shape index (κ3) is 7.56. The van der Waals surface area contributed by atoms with Gasteiger partial charge in [-0.2, -0.15) is 11.8 Å². The van der Waals surface area contributed by atoms with Crippen LogP contribution in [-0.4, -0.2) is 46.4 Å². The summed E-state index contributed by atoms with van der Waals surface area (Å²) >= 11 is 1.57. The molecule has 0 aliphatic rings. The Morgan fingerprint density at radius 3 is 2.86 bits per heavy atom. The fraction of sp³-hybridized carbons (Fsp3) is 0.562. The van der Waals surface area contributed by atoms with E-state index >= 15 is 0 Å². The Balaban J connectivity index is 2.30. The van der Waals surface area contributed by atoms with Crippen molar-refractivity contribution in [2.24, 2.45) is 5.92 Å². The van der Waals surface area contributed by atoms with Crippen LogP contribution in [-0.2, 0) is 4.79 Å². The minimum atomic E-state index is -0.913. The number of hydrogen-bond donors (Lipinski definition) is 2. The van der Waals surface area contributed by atoms with E-state index in [-0.39, 0.29) is 12.2 Å². The molecule has 1 rings (SSSR count). The van der Waals surface area contributed by atoms with E-state index in [2.05, 4.69) is 17.2 Å². The van der Waals surface area contributed by atoms with Crippen molar-refractivity contribution in [2.75, 3.05) is 24.6 Å². The summed E-state index contributed by atoms with van der Waals surface area (Å²) in [7, 11) is 0. The number of ketones is 1. The van der Waals surface area contributed by atoms with Gasteiger partial charge in [-0.3, -0.25) is 14.6 Å². The van der Waals surface area contributed by atoms with Crippen LogP contribution in [0.3, 0.4) is 0 Å². The Bertz CT molecular complexity index is 454. The highest BCUT2D eigenvalue weighted by atomic mass is 32.2. The lowest BCUT2D eigenvalue weighted by Crippen LogP contribution is -2.22. The molecule has 0 radical (unpaired) electrons. The molecule has 0 bridgehead atoms. The van der Waals surface area contributed by atoms with Gasteiger partial charge < -0.3 is 10.4 Å². The molecular formula is C16H24N2O3S. The summed E-state index contributed by atoms with van der Waals surface area (Å²) in [6, 6.07) is 3.35.